The zero-order valence-electron chi connectivity index (χ0n) is 12.6. The number of benzene rings is 1. The number of aliphatic carboxylic acids is 1. The fourth-order valence-corrected chi connectivity index (χ4v) is 2.88. The SMILES string of the molecule is CC1CC(C(=O)O)CN(C(=O)Cc2cccc(C(F)(F)F)c2)C1. The predicted molar refractivity (Wildman–Crippen MR) is 76.6 cm³/mol. The summed E-state index contributed by atoms with van der Waals surface area (Å²) in [7, 11) is 0. The first-order valence-corrected chi connectivity index (χ1v) is 7.33. The highest BCUT2D eigenvalue weighted by atomic mass is 19.4. The standard InChI is InChI=1S/C16H18F3NO3/c1-10-5-12(15(22)23)9-20(8-10)14(21)7-11-3-2-4-13(6-11)16(17,18)19/h2-4,6,10,12H,5,7-9H2,1H3,(H,22,23). The van der Waals surface area contributed by atoms with Gasteiger partial charge < -0.3 is 10.0 Å². The van der Waals surface area contributed by atoms with Gasteiger partial charge in [0.15, 0.2) is 0 Å². The maximum absolute atomic E-state index is 12.7. The minimum absolute atomic E-state index is 0.0512. The van der Waals surface area contributed by atoms with Crippen LogP contribution in [0.1, 0.15) is 24.5 Å². The van der Waals surface area contributed by atoms with E-state index in [-0.39, 0.29) is 30.4 Å². The van der Waals surface area contributed by atoms with Gasteiger partial charge in [-0.05, 0) is 24.0 Å². The van der Waals surface area contributed by atoms with Crippen LogP contribution in [0.3, 0.4) is 0 Å². The Morgan fingerprint density at radius 1 is 1.30 bits per heavy atom. The average Bonchev–Trinajstić information content (AvgIpc) is 2.46. The molecule has 1 fully saturated rings. The lowest BCUT2D eigenvalue weighted by atomic mass is 9.90. The van der Waals surface area contributed by atoms with Crippen LogP contribution in [0.4, 0.5) is 13.2 Å². The Kier molecular flexibility index (Phi) is 4.97. The van der Waals surface area contributed by atoms with Gasteiger partial charge >= 0.3 is 12.1 Å². The molecule has 1 aromatic carbocycles. The minimum atomic E-state index is -4.45. The quantitative estimate of drug-likeness (QED) is 0.928. The molecule has 1 saturated heterocycles. The molecular formula is C16H18F3NO3. The van der Waals surface area contributed by atoms with E-state index in [0.717, 1.165) is 12.1 Å². The Balaban J connectivity index is 2.08. The third-order valence-electron chi connectivity index (χ3n) is 3.97. The number of rotatable bonds is 3. The summed E-state index contributed by atoms with van der Waals surface area (Å²) in [5.74, 6) is -1.87. The van der Waals surface area contributed by atoms with Crippen LogP contribution in [-0.4, -0.2) is 35.0 Å². The van der Waals surface area contributed by atoms with Crippen molar-refractivity contribution in [2.45, 2.75) is 25.9 Å². The lowest BCUT2D eigenvalue weighted by molar-refractivity contribution is -0.147. The van der Waals surface area contributed by atoms with E-state index in [0.29, 0.717) is 13.0 Å². The molecule has 1 N–H and O–H groups in total. The largest absolute Gasteiger partial charge is 0.481 e. The van der Waals surface area contributed by atoms with E-state index in [2.05, 4.69) is 0 Å². The van der Waals surface area contributed by atoms with E-state index in [4.69, 9.17) is 5.11 Å². The van der Waals surface area contributed by atoms with Crippen molar-refractivity contribution in [3.63, 3.8) is 0 Å². The van der Waals surface area contributed by atoms with Crippen molar-refractivity contribution >= 4 is 11.9 Å². The second kappa shape index (κ2) is 6.60. The highest BCUT2D eigenvalue weighted by Gasteiger charge is 2.33. The summed E-state index contributed by atoms with van der Waals surface area (Å²) in [4.78, 5) is 24.9. The molecule has 1 heterocycles. The molecule has 1 aliphatic rings. The second-order valence-electron chi connectivity index (χ2n) is 6.05. The van der Waals surface area contributed by atoms with Crippen LogP contribution in [0.5, 0.6) is 0 Å². The topological polar surface area (TPSA) is 57.6 Å². The van der Waals surface area contributed by atoms with Crippen molar-refractivity contribution in [1.82, 2.24) is 4.90 Å². The number of hydrogen-bond donors (Lipinski definition) is 1. The van der Waals surface area contributed by atoms with Crippen molar-refractivity contribution < 1.29 is 27.9 Å². The van der Waals surface area contributed by atoms with Gasteiger partial charge in [0, 0.05) is 13.1 Å². The summed E-state index contributed by atoms with van der Waals surface area (Å²) in [6.45, 7) is 2.40. The molecule has 0 radical (unpaired) electrons. The molecule has 4 nitrogen and oxygen atoms in total. The predicted octanol–water partition coefficient (Wildman–Crippen LogP) is 2.82. The Labute approximate surface area is 131 Å². The van der Waals surface area contributed by atoms with Crippen molar-refractivity contribution in [3.05, 3.63) is 35.4 Å². The van der Waals surface area contributed by atoms with Gasteiger partial charge in [-0.1, -0.05) is 25.1 Å². The second-order valence-corrected chi connectivity index (χ2v) is 6.05. The molecule has 2 atom stereocenters. The number of carbonyl (C=O) groups excluding carboxylic acids is 1. The number of carboxylic acids is 1. The van der Waals surface area contributed by atoms with Crippen molar-refractivity contribution in [3.8, 4) is 0 Å². The number of carboxylic acid groups (broad SMARTS) is 1. The maximum Gasteiger partial charge on any atom is 0.416 e. The van der Waals surface area contributed by atoms with E-state index < -0.39 is 23.6 Å². The Bertz CT molecular complexity index is 600. The molecule has 0 aromatic heterocycles. The molecule has 2 rings (SSSR count). The van der Waals surface area contributed by atoms with Crippen LogP contribution in [0, 0.1) is 11.8 Å². The molecule has 1 aromatic rings. The highest BCUT2D eigenvalue weighted by Crippen LogP contribution is 2.30. The number of hydrogen-bond acceptors (Lipinski definition) is 2. The van der Waals surface area contributed by atoms with Crippen LogP contribution < -0.4 is 0 Å². The van der Waals surface area contributed by atoms with Crippen LogP contribution in [-0.2, 0) is 22.2 Å². The van der Waals surface area contributed by atoms with Gasteiger partial charge in [0.2, 0.25) is 5.91 Å². The molecule has 1 aliphatic heterocycles. The number of piperidine rings is 1. The molecular weight excluding hydrogens is 311 g/mol. The molecule has 23 heavy (non-hydrogen) atoms. The van der Waals surface area contributed by atoms with Crippen LogP contribution in [0.2, 0.25) is 0 Å². The van der Waals surface area contributed by atoms with Gasteiger partial charge in [0.25, 0.3) is 0 Å². The Morgan fingerprint density at radius 2 is 2.00 bits per heavy atom. The minimum Gasteiger partial charge on any atom is -0.481 e. The summed E-state index contributed by atoms with van der Waals surface area (Å²) in [5.41, 5.74) is -0.520. The zero-order chi connectivity index (χ0) is 17.2. The normalized spacial score (nSPS) is 22.0. The molecule has 2 unspecified atom stereocenters. The van der Waals surface area contributed by atoms with E-state index in [1.54, 1.807) is 0 Å². The van der Waals surface area contributed by atoms with Crippen LogP contribution >= 0.6 is 0 Å². The fraction of sp³-hybridized carbons (Fsp3) is 0.500. The van der Waals surface area contributed by atoms with Crippen LogP contribution in [0.25, 0.3) is 0 Å². The van der Waals surface area contributed by atoms with Gasteiger partial charge in [-0.3, -0.25) is 9.59 Å². The highest BCUT2D eigenvalue weighted by molar-refractivity contribution is 5.80. The van der Waals surface area contributed by atoms with E-state index in [9.17, 15) is 22.8 Å². The molecule has 0 bridgehead atoms. The molecule has 126 valence electrons. The monoisotopic (exact) mass is 329 g/mol. The van der Waals surface area contributed by atoms with Gasteiger partial charge in [0.05, 0.1) is 17.9 Å². The Morgan fingerprint density at radius 3 is 2.61 bits per heavy atom. The van der Waals surface area contributed by atoms with Crippen molar-refractivity contribution in [2.24, 2.45) is 11.8 Å². The summed E-state index contributed by atoms with van der Waals surface area (Å²) < 4.78 is 38.1. The maximum atomic E-state index is 12.7. The fourth-order valence-electron chi connectivity index (χ4n) is 2.88. The number of amides is 1. The molecule has 0 spiro atoms. The number of carbonyl (C=O) groups is 2. The molecule has 0 saturated carbocycles. The summed E-state index contributed by atoms with van der Waals surface area (Å²) in [5, 5.41) is 9.11. The molecule has 0 aliphatic carbocycles. The van der Waals surface area contributed by atoms with Crippen molar-refractivity contribution in [1.29, 1.82) is 0 Å². The lowest BCUT2D eigenvalue weighted by Crippen LogP contribution is -2.46. The van der Waals surface area contributed by atoms with Gasteiger partial charge in [0.1, 0.15) is 0 Å². The van der Waals surface area contributed by atoms with Gasteiger partial charge in [-0.2, -0.15) is 13.2 Å². The summed E-state index contributed by atoms with van der Waals surface area (Å²) in [6.07, 6.45) is -4.11. The molecule has 7 heteroatoms. The number of halogens is 3. The molecule has 1 amide bonds. The number of nitrogens with zero attached hydrogens (tertiary/aromatic N) is 1. The van der Waals surface area contributed by atoms with E-state index in [1.807, 2.05) is 6.92 Å². The van der Waals surface area contributed by atoms with Gasteiger partial charge in [-0.25, -0.2) is 0 Å². The first-order chi connectivity index (χ1) is 10.7. The third-order valence-corrected chi connectivity index (χ3v) is 3.97. The summed E-state index contributed by atoms with van der Waals surface area (Å²) >= 11 is 0. The average molecular weight is 329 g/mol. The lowest BCUT2D eigenvalue weighted by Gasteiger charge is -2.34. The first kappa shape index (κ1) is 17.3. The smallest absolute Gasteiger partial charge is 0.416 e. The number of likely N-dealkylation sites (tertiary alicyclic amines) is 1. The van der Waals surface area contributed by atoms with E-state index in [1.165, 1.54) is 17.0 Å². The van der Waals surface area contributed by atoms with Crippen molar-refractivity contribution in [2.75, 3.05) is 13.1 Å². The van der Waals surface area contributed by atoms with Gasteiger partial charge in [-0.15, -0.1) is 0 Å². The zero-order valence-corrected chi connectivity index (χ0v) is 12.6. The Hall–Kier alpha value is -2.05. The summed E-state index contributed by atoms with van der Waals surface area (Å²) in [6, 6.07) is 4.65. The van der Waals surface area contributed by atoms with E-state index >= 15 is 0 Å². The third kappa shape index (κ3) is 4.46. The van der Waals surface area contributed by atoms with Crippen LogP contribution in [0.15, 0.2) is 24.3 Å². The number of alkyl halides is 3. The first-order valence-electron chi connectivity index (χ1n) is 7.33.